The topological polar surface area (TPSA) is 77.0 Å². The van der Waals surface area contributed by atoms with Gasteiger partial charge in [-0.2, -0.15) is 4.73 Å². The zero-order valence-corrected chi connectivity index (χ0v) is 10.8. The maximum absolute atomic E-state index is 10.3. The number of unbranched alkanes of at least 4 members (excludes halogenated alkanes) is 1. The largest absolute Gasteiger partial charge is 0.427 e. The van der Waals surface area contributed by atoms with Crippen LogP contribution in [0.1, 0.15) is 25.6 Å². The first-order chi connectivity index (χ1) is 9.22. The van der Waals surface area contributed by atoms with Crippen LogP contribution in [0.25, 0.3) is 21.9 Å². The Hall–Kier alpha value is -2.30. The molecule has 19 heavy (non-hydrogen) atoms. The van der Waals surface area contributed by atoms with E-state index in [1.807, 2.05) is 24.3 Å². The SMILES string of the molecule is CCCCc1nc2c(N)nc3ccccc3c2n1O. The summed E-state index contributed by atoms with van der Waals surface area (Å²) in [6.07, 6.45) is 2.77. The molecule has 0 bridgehead atoms. The quantitative estimate of drug-likeness (QED) is 0.706. The van der Waals surface area contributed by atoms with Crippen LogP contribution in [0.3, 0.4) is 0 Å². The molecule has 0 saturated carbocycles. The summed E-state index contributed by atoms with van der Waals surface area (Å²) >= 11 is 0. The van der Waals surface area contributed by atoms with E-state index in [2.05, 4.69) is 16.9 Å². The van der Waals surface area contributed by atoms with Crippen molar-refractivity contribution in [3.05, 3.63) is 30.1 Å². The molecule has 3 aromatic rings. The number of rotatable bonds is 3. The lowest BCUT2D eigenvalue weighted by atomic mass is 10.2. The minimum absolute atomic E-state index is 0.360. The maximum atomic E-state index is 10.3. The average molecular weight is 256 g/mol. The molecular formula is C14H16N4O. The molecule has 2 heterocycles. The van der Waals surface area contributed by atoms with Gasteiger partial charge in [0.1, 0.15) is 16.9 Å². The lowest BCUT2D eigenvalue weighted by molar-refractivity contribution is 0.188. The van der Waals surface area contributed by atoms with Crippen LogP contribution in [-0.4, -0.2) is 19.9 Å². The van der Waals surface area contributed by atoms with Gasteiger partial charge in [0.05, 0.1) is 5.52 Å². The van der Waals surface area contributed by atoms with Gasteiger partial charge in [0.2, 0.25) is 0 Å². The van der Waals surface area contributed by atoms with Crippen LogP contribution in [-0.2, 0) is 6.42 Å². The number of hydrogen-bond acceptors (Lipinski definition) is 4. The lowest BCUT2D eigenvalue weighted by Crippen LogP contribution is -1.99. The molecule has 0 amide bonds. The Labute approximate surface area is 110 Å². The van der Waals surface area contributed by atoms with Crippen molar-refractivity contribution in [2.75, 3.05) is 5.73 Å². The molecule has 0 radical (unpaired) electrons. The van der Waals surface area contributed by atoms with E-state index in [1.165, 1.54) is 0 Å². The smallest absolute Gasteiger partial charge is 0.152 e. The summed E-state index contributed by atoms with van der Waals surface area (Å²) < 4.78 is 1.16. The number of aromatic nitrogens is 3. The second kappa shape index (κ2) is 4.42. The molecule has 0 atom stereocenters. The van der Waals surface area contributed by atoms with E-state index in [0.717, 1.165) is 34.9 Å². The van der Waals surface area contributed by atoms with E-state index < -0.39 is 0 Å². The summed E-state index contributed by atoms with van der Waals surface area (Å²) in [5.41, 5.74) is 7.93. The molecule has 0 aliphatic heterocycles. The molecule has 5 nitrogen and oxygen atoms in total. The fourth-order valence-corrected chi connectivity index (χ4v) is 2.33. The van der Waals surface area contributed by atoms with Crippen LogP contribution in [0.4, 0.5) is 5.82 Å². The molecule has 2 aromatic heterocycles. The highest BCUT2D eigenvalue weighted by molar-refractivity contribution is 6.06. The van der Waals surface area contributed by atoms with Gasteiger partial charge < -0.3 is 10.9 Å². The average Bonchev–Trinajstić information content (AvgIpc) is 2.75. The number of nitrogen functional groups attached to an aromatic ring is 1. The Morgan fingerprint density at radius 1 is 1.26 bits per heavy atom. The zero-order chi connectivity index (χ0) is 13.4. The highest BCUT2D eigenvalue weighted by Gasteiger charge is 2.16. The van der Waals surface area contributed by atoms with Crippen LogP contribution >= 0.6 is 0 Å². The summed E-state index contributed by atoms with van der Waals surface area (Å²) in [5, 5.41) is 11.2. The summed E-state index contributed by atoms with van der Waals surface area (Å²) in [5.74, 6) is 1.00. The number of hydrogen-bond donors (Lipinski definition) is 2. The van der Waals surface area contributed by atoms with E-state index in [-0.39, 0.29) is 0 Å². The van der Waals surface area contributed by atoms with Crippen molar-refractivity contribution in [1.29, 1.82) is 0 Å². The summed E-state index contributed by atoms with van der Waals surface area (Å²) in [4.78, 5) is 8.75. The van der Waals surface area contributed by atoms with Crippen molar-refractivity contribution in [1.82, 2.24) is 14.7 Å². The van der Waals surface area contributed by atoms with Gasteiger partial charge in [-0.1, -0.05) is 31.5 Å². The molecule has 5 heteroatoms. The van der Waals surface area contributed by atoms with Crippen LogP contribution in [0, 0.1) is 0 Å². The standard InChI is InChI=1S/C14H16N4O/c1-2-3-8-11-17-12-13(18(11)19)9-6-4-5-7-10(9)16-14(12)15/h4-7,19H,2-3,8H2,1H3,(H2,15,16). The molecule has 0 aliphatic carbocycles. The predicted molar refractivity (Wildman–Crippen MR) is 75.2 cm³/mol. The molecule has 0 fully saturated rings. The summed E-state index contributed by atoms with van der Waals surface area (Å²) in [6, 6.07) is 7.61. The van der Waals surface area contributed by atoms with E-state index in [0.29, 0.717) is 22.7 Å². The van der Waals surface area contributed by atoms with Crippen LogP contribution in [0.2, 0.25) is 0 Å². The van der Waals surface area contributed by atoms with Gasteiger partial charge in [-0.3, -0.25) is 0 Å². The third-order valence-electron chi connectivity index (χ3n) is 3.32. The second-order valence-electron chi connectivity index (χ2n) is 4.65. The van der Waals surface area contributed by atoms with E-state index in [1.54, 1.807) is 0 Å². The Balaban J connectivity index is 2.33. The number of fused-ring (bicyclic) bond motifs is 3. The van der Waals surface area contributed by atoms with Gasteiger partial charge in [-0.15, -0.1) is 0 Å². The predicted octanol–water partition coefficient (Wildman–Crippen LogP) is 2.75. The van der Waals surface area contributed by atoms with Crippen molar-refractivity contribution in [2.45, 2.75) is 26.2 Å². The first kappa shape index (κ1) is 11.8. The minimum atomic E-state index is 0.360. The van der Waals surface area contributed by atoms with Gasteiger partial charge in [0.15, 0.2) is 5.82 Å². The van der Waals surface area contributed by atoms with Crippen LogP contribution in [0.15, 0.2) is 24.3 Å². The van der Waals surface area contributed by atoms with Crippen molar-refractivity contribution < 1.29 is 5.21 Å². The Morgan fingerprint density at radius 3 is 2.84 bits per heavy atom. The first-order valence-electron chi connectivity index (χ1n) is 6.47. The number of nitrogens with zero attached hydrogens (tertiary/aromatic N) is 3. The molecule has 3 rings (SSSR count). The third kappa shape index (κ3) is 1.78. The normalized spacial score (nSPS) is 11.4. The number of nitrogens with two attached hydrogens (primary N) is 1. The van der Waals surface area contributed by atoms with Crippen LogP contribution in [0.5, 0.6) is 0 Å². The summed E-state index contributed by atoms with van der Waals surface area (Å²) in [7, 11) is 0. The third-order valence-corrected chi connectivity index (χ3v) is 3.32. The Kier molecular flexibility index (Phi) is 2.74. The molecule has 0 spiro atoms. The molecular weight excluding hydrogens is 240 g/mol. The molecule has 0 saturated heterocycles. The van der Waals surface area contributed by atoms with Gasteiger partial charge in [-0.05, 0) is 12.5 Å². The van der Waals surface area contributed by atoms with Crippen LogP contribution < -0.4 is 5.73 Å². The molecule has 0 unspecified atom stereocenters. The molecule has 3 N–H and O–H groups in total. The first-order valence-corrected chi connectivity index (χ1v) is 6.47. The van der Waals surface area contributed by atoms with E-state index in [9.17, 15) is 5.21 Å². The molecule has 1 aromatic carbocycles. The minimum Gasteiger partial charge on any atom is -0.427 e. The van der Waals surface area contributed by atoms with E-state index in [4.69, 9.17) is 5.73 Å². The second-order valence-corrected chi connectivity index (χ2v) is 4.65. The maximum Gasteiger partial charge on any atom is 0.152 e. The highest BCUT2D eigenvalue weighted by atomic mass is 16.5. The number of anilines is 1. The summed E-state index contributed by atoms with van der Waals surface area (Å²) in [6.45, 7) is 2.11. The number of aryl methyl sites for hydroxylation is 1. The van der Waals surface area contributed by atoms with Crippen molar-refractivity contribution in [3.63, 3.8) is 0 Å². The highest BCUT2D eigenvalue weighted by Crippen LogP contribution is 2.28. The number of benzene rings is 1. The zero-order valence-electron chi connectivity index (χ0n) is 10.8. The van der Waals surface area contributed by atoms with E-state index >= 15 is 0 Å². The van der Waals surface area contributed by atoms with Crippen molar-refractivity contribution >= 4 is 27.8 Å². The fraction of sp³-hybridized carbons (Fsp3) is 0.286. The Bertz CT molecular complexity index is 748. The molecule has 98 valence electrons. The number of para-hydroxylation sites is 1. The fourth-order valence-electron chi connectivity index (χ4n) is 2.33. The van der Waals surface area contributed by atoms with Crippen molar-refractivity contribution in [3.8, 4) is 0 Å². The van der Waals surface area contributed by atoms with Gasteiger partial charge in [-0.25, -0.2) is 9.97 Å². The number of pyridine rings is 1. The Morgan fingerprint density at radius 2 is 2.05 bits per heavy atom. The molecule has 0 aliphatic rings. The monoisotopic (exact) mass is 256 g/mol. The van der Waals surface area contributed by atoms with Gasteiger partial charge in [0, 0.05) is 11.8 Å². The van der Waals surface area contributed by atoms with Crippen molar-refractivity contribution in [2.24, 2.45) is 0 Å². The number of imidazole rings is 1. The van der Waals surface area contributed by atoms with Gasteiger partial charge >= 0.3 is 0 Å². The lowest BCUT2D eigenvalue weighted by Gasteiger charge is -2.03. The van der Waals surface area contributed by atoms with Gasteiger partial charge in [0.25, 0.3) is 0 Å².